The molecule has 3 rings (SSSR count). The Bertz CT molecular complexity index is 835. The molecule has 1 aromatic heterocycles. The molecule has 1 amide bonds. The summed E-state index contributed by atoms with van der Waals surface area (Å²) in [7, 11) is 1.50. The number of anilines is 1. The number of aromatic amines is 1. The van der Waals surface area contributed by atoms with Crippen LogP contribution in [0.1, 0.15) is 18.5 Å². The monoisotopic (exact) mass is 503 g/mol. The number of aliphatic hydroxyl groups is 1. The molecule has 1 aromatic rings. The summed E-state index contributed by atoms with van der Waals surface area (Å²) in [6, 6.07) is 0. The van der Waals surface area contributed by atoms with Crippen LogP contribution in [0.2, 0.25) is 0 Å². The average molecular weight is 505 g/mol. The third-order valence-corrected chi connectivity index (χ3v) is 5.68. The molecule has 9 nitrogen and oxygen atoms in total. The van der Waals surface area contributed by atoms with Crippen LogP contribution in [0.5, 0.6) is 0 Å². The first-order valence-corrected chi connectivity index (χ1v) is 9.78. The van der Waals surface area contributed by atoms with Gasteiger partial charge < -0.3 is 30.7 Å². The summed E-state index contributed by atoms with van der Waals surface area (Å²) >= 11 is 6.71. The molecule has 2 aliphatic rings. The number of aromatic nitrogens is 2. The number of nitrogen functional groups attached to an aromatic ring is 1. The number of rotatable bonds is 6. The Morgan fingerprint density at radius 3 is 3.04 bits per heavy atom. The van der Waals surface area contributed by atoms with E-state index in [0.717, 1.165) is 5.69 Å². The number of hydrogen-bond acceptors (Lipinski definition) is 7. The Morgan fingerprint density at radius 1 is 1.59 bits per heavy atom. The van der Waals surface area contributed by atoms with E-state index >= 15 is 0 Å². The largest absolute Gasteiger partial charge is 0.495 e. The van der Waals surface area contributed by atoms with Crippen molar-refractivity contribution in [3.63, 3.8) is 0 Å². The van der Waals surface area contributed by atoms with Crippen LogP contribution in [0.3, 0.4) is 0 Å². The van der Waals surface area contributed by atoms with Gasteiger partial charge in [0.05, 0.1) is 22.3 Å². The van der Waals surface area contributed by atoms with E-state index in [-0.39, 0.29) is 18.0 Å². The van der Waals surface area contributed by atoms with Gasteiger partial charge in [-0.1, -0.05) is 5.16 Å². The predicted octanol–water partition coefficient (Wildman–Crippen LogP) is 1.46. The van der Waals surface area contributed by atoms with E-state index in [2.05, 4.69) is 52.3 Å². The number of oxime groups is 1. The van der Waals surface area contributed by atoms with Crippen LogP contribution in [0.15, 0.2) is 32.2 Å². The molecule has 5 N–H and O–H groups in total. The molecule has 2 atom stereocenters. The Morgan fingerprint density at radius 2 is 2.37 bits per heavy atom. The molecule has 27 heavy (non-hydrogen) atoms. The summed E-state index contributed by atoms with van der Waals surface area (Å²) in [5.74, 6) is 0.512. The second kappa shape index (κ2) is 8.03. The highest BCUT2D eigenvalue weighted by Gasteiger charge is 2.50. The minimum Gasteiger partial charge on any atom is -0.495 e. The van der Waals surface area contributed by atoms with Crippen LogP contribution < -0.4 is 11.1 Å². The number of aryl methyl sites for hydroxylation is 1. The van der Waals surface area contributed by atoms with Crippen molar-refractivity contribution in [2.45, 2.75) is 31.0 Å². The Kier molecular flexibility index (Phi) is 5.92. The molecule has 11 heteroatoms. The lowest BCUT2D eigenvalue weighted by Gasteiger charge is -2.33. The van der Waals surface area contributed by atoms with Gasteiger partial charge in [0.2, 0.25) is 0 Å². The average Bonchev–Trinajstić information content (AvgIpc) is 3.24. The number of halogens is 2. The first-order chi connectivity index (χ1) is 12.9. The molecule has 1 aliphatic heterocycles. The van der Waals surface area contributed by atoms with Crippen molar-refractivity contribution in [2.75, 3.05) is 19.4 Å². The quantitative estimate of drug-likeness (QED) is 0.433. The van der Waals surface area contributed by atoms with E-state index in [4.69, 9.17) is 15.3 Å². The first kappa shape index (κ1) is 19.9. The predicted molar refractivity (Wildman–Crippen MR) is 106 cm³/mol. The maximum absolute atomic E-state index is 12.4. The van der Waals surface area contributed by atoms with E-state index in [0.29, 0.717) is 40.1 Å². The summed E-state index contributed by atoms with van der Waals surface area (Å²) in [5.41, 5.74) is 5.50. The second-order valence-electron chi connectivity index (χ2n) is 6.19. The standard InChI is InChI=1S/C16H19Br2N5O4/c1-26-12-9(17)5-16(13(24)11(12)18)6-10(23-27-16)14(25)20-4-2-3-8-7-21-15(19)22-8/h5,7,13,24H,2-4,6H2,1H3,(H,20,25)(H3,19,21,22)/t13-,16?/m0/s1. The van der Waals surface area contributed by atoms with Gasteiger partial charge in [-0.05, 0) is 50.8 Å². The number of ether oxygens (including phenoxy) is 1. The number of amides is 1. The zero-order chi connectivity index (χ0) is 19.6. The Balaban J connectivity index is 1.54. The molecular formula is C16H19Br2N5O4. The first-order valence-electron chi connectivity index (χ1n) is 8.19. The highest BCUT2D eigenvalue weighted by Crippen LogP contribution is 2.43. The number of nitrogens with two attached hydrogens (primary N) is 1. The van der Waals surface area contributed by atoms with Gasteiger partial charge in [-0.25, -0.2) is 4.98 Å². The molecule has 0 aromatic carbocycles. The van der Waals surface area contributed by atoms with Gasteiger partial charge in [0.15, 0.2) is 11.5 Å². The second-order valence-corrected chi connectivity index (χ2v) is 7.90. The molecule has 1 spiro atoms. The lowest BCUT2D eigenvalue weighted by Crippen LogP contribution is -2.45. The fourth-order valence-electron chi connectivity index (χ4n) is 2.91. The zero-order valence-electron chi connectivity index (χ0n) is 14.5. The van der Waals surface area contributed by atoms with Crippen molar-refractivity contribution in [3.05, 3.63) is 32.7 Å². The van der Waals surface area contributed by atoms with Gasteiger partial charge in [0.25, 0.3) is 5.91 Å². The van der Waals surface area contributed by atoms with E-state index in [1.165, 1.54) is 7.11 Å². The van der Waals surface area contributed by atoms with Crippen molar-refractivity contribution in [2.24, 2.45) is 5.16 Å². The van der Waals surface area contributed by atoms with Gasteiger partial charge >= 0.3 is 0 Å². The highest BCUT2D eigenvalue weighted by molar-refractivity contribution is 9.12. The van der Waals surface area contributed by atoms with Gasteiger partial charge in [-0.15, -0.1) is 0 Å². The minimum absolute atomic E-state index is 0.137. The number of nitrogens with zero attached hydrogens (tertiary/aromatic N) is 2. The molecule has 0 bridgehead atoms. The summed E-state index contributed by atoms with van der Waals surface area (Å²) in [6.45, 7) is 0.462. The summed E-state index contributed by atoms with van der Waals surface area (Å²) < 4.78 is 6.27. The minimum atomic E-state index is -1.15. The molecule has 1 aliphatic carbocycles. The molecule has 0 saturated heterocycles. The van der Waals surface area contributed by atoms with Crippen molar-refractivity contribution >= 4 is 49.4 Å². The third-order valence-electron chi connectivity index (χ3n) is 4.30. The number of nitrogens with one attached hydrogen (secondary N) is 2. The van der Waals surface area contributed by atoms with Crippen LogP contribution in [0.4, 0.5) is 5.95 Å². The van der Waals surface area contributed by atoms with Crippen molar-refractivity contribution < 1.29 is 19.5 Å². The molecule has 0 radical (unpaired) electrons. The van der Waals surface area contributed by atoms with Crippen molar-refractivity contribution in [1.82, 2.24) is 15.3 Å². The topological polar surface area (TPSA) is 135 Å². The maximum Gasteiger partial charge on any atom is 0.269 e. The summed E-state index contributed by atoms with van der Waals surface area (Å²) in [5, 5.41) is 17.3. The Labute approximate surface area is 172 Å². The number of carbonyl (C=O) groups excluding carboxylic acids is 1. The van der Waals surface area contributed by atoms with E-state index in [1.54, 1.807) is 12.3 Å². The molecule has 0 saturated carbocycles. The summed E-state index contributed by atoms with van der Waals surface area (Å²) in [6.07, 6.45) is 3.85. The molecule has 146 valence electrons. The number of H-pyrrole nitrogens is 1. The van der Waals surface area contributed by atoms with Crippen LogP contribution in [-0.4, -0.2) is 52.1 Å². The van der Waals surface area contributed by atoms with Gasteiger partial charge in [0.1, 0.15) is 17.6 Å². The van der Waals surface area contributed by atoms with Crippen molar-refractivity contribution in [3.8, 4) is 0 Å². The van der Waals surface area contributed by atoms with Crippen LogP contribution in [-0.2, 0) is 20.8 Å². The lowest BCUT2D eigenvalue weighted by atomic mass is 9.87. The number of allylic oxidation sites excluding steroid dienone is 1. The number of carbonyl (C=O) groups is 1. The number of aliphatic hydroxyl groups excluding tert-OH is 1. The van der Waals surface area contributed by atoms with Crippen molar-refractivity contribution in [1.29, 1.82) is 0 Å². The normalized spacial score (nSPS) is 24.5. The van der Waals surface area contributed by atoms with Crippen LogP contribution >= 0.6 is 31.9 Å². The number of methoxy groups -OCH3 is 1. The molecule has 1 unspecified atom stereocenters. The third kappa shape index (κ3) is 4.04. The molecular weight excluding hydrogens is 486 g/mol. The highest BCUT2D eigenvalue weighted by atomic mass is 79.9. The van der Waals surface area contributed by atoms with Gasteiger partial charge in [-0.3, -0.25) is 4.79 Å². The summed E-state index contributed by atoms with van der Waals surface area (Å²) in [4.78, 5) is 24.7. The maximum atomic E-state index is 12.4. The number of hydrogen-bond donors (Lipinski definition) is 4. The number of imidazole rings is 1. The van der Waals surface area contributed by atoms with Gasteiger partial charge in [-0.2, -0.15) is 0 Å². The fraction of sp³-hybridized carbons (Fsp3) is 0.438. The van der Waals surface area contributed by atoms with Gasteiger partial charge in [0, 0.05) is 18.7 Å². The molecule has 2 heterocycles. The van der Waals surface area contributed by atoms with Crippen LogP contribution in [0, 0.1) is 0 Å². The zero-order valence-corrected chi connectivity index (χ0v) is 17.6. The Hall–Kier alpha value is -1.85. The van der Waals surface area contributed by atoms with E-state index < -0.39 is 11.7 Å². The fourth-order valence-corrected chi connectivity index (χ4v) is 4.70. The lowest BCUT2D eigenvalue weighted by molar-refractivity contribution is -0.114. The van der Waals surface area contributed by atoms with Crippen LogP contribution in [0.25, 0.3) is 0 Å². The SMILES string of the molecule is COC1=C(Br)[C@H](O)C2(C=C1Br)CC(C(=O)NCCCc1cnc(N)[nH]1)=NO2. The van der Waals surface area contributed by atoms with E-state index in [9.17, 15) is 9.90 Å². The molecule has 0 fully saturated rings. The smallest absolute Gasteiger partial charge is 0.269 e. The van der Waals surface area contributed by atoms with E-state index in [1.807, 2.05) is 0 Å².